The Morgan fingerprint density at radius 1 is 1.00 bits per heavy atom. The number of piperazine rings is 1. The zero-order chi connectivity index (χ0) is 17.1. The van der Waals surface area contributed by atoms with Crippen molar-refractivity contribution in [2.45, 2.75) is 13.2 Å². The van der Waals surface area contributed by atoms with Gasteiger partial charge in [0.25, 0.3) is 5.89 Å². The molecule has 0 unspecified atom stereocenters. The molecule has 0 atom stereocenters. The molecule has 3 heterocycles. The van der Waals surface area contributed by atoms with E-state index in [4.69, 9.17) is 4.42 Å². The number of hydrogen-bond donors (Lipinski definition) is 0. The first-order valence-corrected chi connectivity index (χ1v) is 9.26. The lowest BCUT2D eigenvalue weighted by molar-refractivity contribution is 0.0964. The molecule has 25 heavy (non-hydrogen) atoms. The summed E-state index contributed by atoms with van der Waals surface area (Å²) in [6.45, 7) is 5.26. The van der Waals surface area contributed by atoms with Crippen LogP contribution in [0.5, 0.6) is 0 Å². The maximum Gasteiger partial charge on any atom is 0.438 e. The highest BCUT2D eigenvalue weighted by molar-refractivity contribution is 7.13. The quantitative estimate of drug-likeness (QED) is 0.702. The third kappa shape index (κ3) is 3.89. The number of hydrogen-bond acceptors (Lipinski definition) is 6. The minimum atomic E-state index is -0.393. The van der Waals surface area contributed by atoms with Crippen LogP contribution in [-0.2, 0) is 13.2 Å². The van der Waals surface area contributed by atoms with Crippen LogP contribution in [0.1, 0.15) is 5.56 Å². The molecule has 1 aliphatic rings. The van der Waals surface area contributed by atoms with Crippen molar-refractivity contribution in [3.8, 4) is 10.8 Å². The summed E-state index contributed by atoms with van der Waals surface area (Å²) in [5.74, 6) is 0.0119. The maximum absolute atomic E-state index is 12.0. The van der Waals surface area contributed by atoms with Gasteiger partial charge in [0.15, 0.2) is 0 Å². The first-order valence-electron chi connectivity index (χ1n) is 8.38. The van der Waals surface area contributed by atoms with Crippen LogP contribution in [0.25, 0.3) is 10.8 Å². The molecule has 0 radical (unpaired) electrons. The molecule has 1 fully saturated rings. The van der Waals surface area contributed by atoms with Crippen LogP contribution in [0, 0.1) is 0 Å². The standard InChI is InChI=1S/C18H20N4O2S/c23-18-22(19-17(24-18)16-7-4-12-25-16)14-21-10-8-20(9-11-21)13-15-5-2-1-3-6-15/h1-7,12H,8-11,13-14H2. The van der Waals surface area contributed by atoms with Crippen LogP contribution in [0.4, 0.5) is 0 Å². The number of nitrogens with zero attached hydrogens (tertiary/aromatic N) is 4. The van der Waals surface area contributed by atoms with Crippen molar-refractivity contribution in [1.29, 1.82) is 0 Å². The normalized spacial score (nSPS) is 16.3. The molecule has 1 aromatic carbocycles. The van der Waals surface area contributed by atoms with E-state index in [0.717, 1.165) is 37.6 Å². The Hall–Kier alpha value is -2.22. The Kier molecular flexibility index (Phi) is 4.78. The van der Waals surface area contributed by atoms with Gasteiger partial charge in [-0.1, -0.05) is 36.4 Å². The van der Waals surface area contributed by atoms with Crippen LogP contribution >= 0.6 is 11.3 Å². The average Bonchev–Trinajstić information content (AvgIpc) is 3.28. The van der Waals surface area contributed by atoms with Gasteiger partial charge in [-0.25, -0.2) is 4.79 Å². The predicted octanol–water partition coefficient (Wildman–Crippen LogP) is 2.34. The first kappa shape index (κ1) is 16.3. The van der Waals surface area contributed by atoms with Crippen molar-refractivity contribution in [3.05, 3.63) is 64.0 Å². The number of rotatable bonds is 5. The number of thiophene rings is 1. The van der Waals surface area contributed by atoms with E-state index in [1.165, 1.54) is 21.6 Å². The van der Waals surface area contributed by atoms with E-state index in [0.29, 0.717) is 12.6 Å². The second-order valence-corrected chi connectivity index (χ2v) is 7.12. The Morgan fingerprint density at radius 2 is 1.76 bits per heavy atom. The van der Waals surface area contributed by atoms with Gasteiger partial charge in [0.2, 0.25) is 0 Å². The molecular formula is C18H20N4O2S. The van der Waals surface area contributed by atoms with E-state index in [9.17, 15) is 4.79 Å². The molecule has 3 aromatic rings. The highest BCUT2D eigenvalue weighted by atomic mass is 32.1. The molecule has 0 spiro atoms. The Bertz CT molecular complexity index is 849. The maximum atomic E-state index is 12.0. The monoisotopic (exact) mass is 356 g/mol. The van der Waals surface area contributed by atoms with Gasteiger partial charge < -0.3 is 4.42 Å². The van der Waals surface area contributed by atoms with Gasteiger partial charge in [0.1, 0.15) is 6.67 Å². The molecular weight excluding hydrogens is 336 g/mol. The fourth-order valence-corrected chi connectivity index (χ4v) is 3.66. The lowest BCUT2D eigenvalue weighted by Crippen LogP contribution is -2.47. The van der Waals surface area contributed by atoms with Gasteiger partial charge in [-0.3, -0.25) is 9.80 Å². The minimum Gasteiger partial charge on any atom is -0.387 e. The highest BCUT2D eigenvalue weighted by Gasteiger charge is 2.19. The zero-order valence-corrected chi connectivity index (χ0v) is 14.7. The summed E-state index contributed by atoms with van der Waals surface area (Å²) in [5.41, 5.74) is 1.34. The van der Waals surface area contributed by atoms with Gasteiger partial charge in [-0.15, -0.1) is 16.4 Å². The van der Waals surface area contributed by atoms with E-state index in [1.54, 1.807) is 0 Å². The molecule has 1 saturated heterocycles. The molecule has 7 heteroatoms. The number of benzene rings is 1. The molecule has 0 amide bonds. The second-order valence-electron chi connectivity index (χ2n) is 6.17. The van der Waals surface area contributed by atoms with Crippen molar-refractivity contribution in [3.63, 3.8) is 0 Å². The summed E-state index contributed by atoms with van der Waals surface area (Å²) in [5, 5.41) is 6.27. The van der Waals surface area contributed by atoms with Crippen molar-refractivity contribution in [2.75, 3.05) is 26.2 Å². The van der Waals surface area contributed by atoms with E-state index in [2.05, 4.69) is 39.2 Å². The van der Waals surface area contributed by atoms with Crippen LogP contribution < -0.4 is 5.76 Å². The molecule has 1 aliphatic heterocycles. The largest absolute Gasteiger partial charge is 0.438 e. The molecule has 4 rings (SSSR count). The van der Waals surface area contributed by atoms with Crippen LogP contribution in [0.2, 0.25) is 0 Å². The van der Waals surface area contributed by atoms with Crippen molar-refractivity contribution in [1.82, 2.24) is 19.6 Å². The summed E-state index contributed by atoms with van der Waals surface area (Å²) in [4.78, 5) is 17.6. The van der Waals surface area contributed by atoms with E-state index in [1.807, 2.05) is 23.6 Å². The van der Waals surface area contributed by atoms with Gasteiger partial charge >= 0.3 is 5.76 Å². The third-order valence-corrected chi connectivity index (χ3v) is 5.24. The summed E-state index contributed by atoms with van der Waals surface area (Å²) in [6, 6.07) is 14.3. The summed E-state index contributed by atoms with van der Waals surface area (Å²) >= 11 is 1.52. The van der Waals surface area contributed by atoms with Crippen molar-refractivity contribution in [2.24, 2.45) is 0 Å². The molecule has 0 aliphatic carbocycles. The second kappa shape index (κ2) is 7.35. The third-order valence-electron chi connectivity index (χ3n) is 4.39. The minimum absolute atomic E-state index is 0.393. The van der Waals surface area contributed by atoms with Crippen LogP contribution in [0.3, 0.4) is 0 Å². The van der Waals surface area contributed by atoms with E-state index < -0.39 is 5.76 Å². The molecule has 2 aromatic heterocycles. The summed E-state index contributed by atoms with van der Waals surface area (Å²) < 4.78 is 6.69. The average molecular weight is 356 g/mol. The van der Waals surface area contributed by atoms with Crippen LogP contribution in [0.15, 0.2) is 57.1 Å². The van der Waals surface area contributed by atoms with Crippen LogP contribution in [-0.4, -0.2) is 45.8 Å². The van der Waals surface area contributed by atoms with Gasteiger partial charge in [0.05, 0.1) is 4.88 Å². The Morgan fingerprint density at radius 3 is 2.48 bits per heavy atom. The Balaban J connectivity index is 1.34. The molecule has 130 valence electrons. The van der Waals surface area contributed by atoms with E-state index in [-0.39, 0.29) is 0 Å². The topological polar surface area (TPSA) is 54.5 Å². The fraction of sp³-hybridized carbons (Fsp3) is 0.333. The SMILES string of the molecule is O=c1oc(-c2cccs2)nn1CN1CCN(Cc2ccccc2)CC1. The summed E-state index contributed by atoms with van der Waals surface area (Å²) in [7, 11) is 0. The predicted molar refractivity (Wildman–Crippen MR) is 97.4 cm³/mol. The van der Waals surface area contributed by atoms with Gasteiger partial charge in [0, 0.05) is 32.7 Å². The van der Waals surface area contributed by atoms with Crippen molar-refractivity contribution >= 4 is 11.3 Å². The van der Waals surface area contributed by atoms with E-state index >= 15 is 0 Å². The lowest BCUT2D eigenvalue weighted by Gasteiger charge is -2.34. The van der Waals surface area contributed by atoms with Gasteiger partial charge in [-0.05, 0) is 17.0 Å². The molecule has 6 nitrogen and oxygen atoms in total. The molecule has 0 bridgehead atoms. The highest BCUT2D eigenvalue weighted by Crippen LogP contribution is 2.21. The molecule has 0 N–H and O–H groups in total. The lowest BCUT2D eigenvalue weighted by atomic mass is 10.2. The Labute approximate surface area is 149 Å². The van der Waals surface area contributed by atoms with Gasteiger partial charge in [-0.2, -0.15) is 4.68 Å². The fourth-order valence-electron chi connectivity index (χ4n) is 3.02. The summed E-state index contributed by atoms with van der Waals surface area (Å²) in [6.07, 6.45) is 0. The molecule has 0 saturated carbocycles. The zero-order valence-electron chi connectivity index (χ0n) is 13.9. The number of aromatic nitrogens is 2. The van der Waals surface area contributed by atoms with Crippen molar-refractivity contribution < 1.29 is 4.42 Å². The smallest absolute Gasteiger partial charge is 0.387 e. The first-order chi connectivity index (χ1) is 12.3.